The lowest BCUT2D eigenvalue weighted by atomic mass is 10.0. The highest BCUT2D eigenvalue weighted by Crippen LogP contribution is 2.31. The van der Waals surface area contributed by atoms with Gasteiger partial charge in [-0.05, 0) is 30.3 Å². The minimum atomic E-state index is -4.62. The van der Waals surface area contributed by atoms with Crippen LogP contribution in [0.3, 0.4) is 0 Å². The van der Waals surface area contributed by atoms with E-state index in [1.54, 1.807) is 12.1 Å². The van der Waals surface area contributed by atoms with Gasteiger partial charge in [-0.2, -0.15) is 13.2 Å². The lowest BCUT2D eigenvalue weighted by Gasteiger charge is -2.09. The van der Waals surface area contributed by atoms with E-state index in [1.807, 2.05) is 0 Å². The highest BCUT2D eigenvalue weighted by atomic mass is 79.9. The Morgan fingerprint density at radius 1 is 1.10 bits per heavy atom. The number of pyridine rings is 1. The second kappa shape index (κ2) is 5.94. The summed E-state index contributed by atoms with van der Waals surface area (Å²) in [5.74, 6) is -0.574. The molecule has 0 aliphatic carbocycles. The van der Waals surface area contributed by atoms with E-state index in [4.69, 9.17) is 23.2 Å². The van der Waals surface area contributed by atoms with Gasteiger partial charge in [0.1, 0.15) is 10.8 Å². The molecule has 0 N–H and O–H groups in total. The van der Waals surface area contributed by atoms with E-state index in [2.05, 4.69) is 20.9 Å². The highest BCUT2D eigenvalue weighted by Gasteiger charge is 2.33. The summed E-state index contributed by atoms with van der Waals surface area (Å²) in [5, 5.41) is -0.195. The van der Waals surface area contributed by atoms with Crippen LogP contribution in [0.1, 0.15) is 21.6 Å². The molecule has 0 atom stereocenters. The number of nitrogens with zero attached hydrogens (tertiary/aromatic N) is 1. The van der Waals surface area contributed by atoms with E-state index in [1.165, 1.54) is 6.07 Å². The fraction of sp³-hybridized carbons (Fsp3) is 0.0769. The molecule has 2 aromatic rings. The van der Waals surface area contributed by atoms with Gasteiger partial charge in [0.05, 0.1) is 5.56 Å². The van der Waals surface area contributed by atoms with Crippen molar-refractivity contribution < 1.29 is 18.0 Å². The van der Waals surface area contributed by atoms with Gasteiger partial charge in [-0.3, -0.25) is 4.79 Å². The van der Waals surface area contributed by atoms with Crippen molar-refractivity contribution in [2.75, 3.05) is 0 Å². The van der Waals surface area contributed by atoms with Gasteiger partial charge in [-0.1, -0.05) is 39.1 Å². The third-order valence-corrected chi connectivity index (χ3v) is 3.77. The van der Waals surface area contributed by atoms with Crippen molar-refractivity contribution in [3.8, 4) is 0 Å². The minimum Gasteiger partial charge on any atom is -0.288 e. The molecule has 0 spiro atoms. The van der Waals surface area contributed by atoms with E-state index in [0.29, 0.717) is 15.6 Å². The molecule has 0 amide bonds. The number of carbonyl (C=O) groups is 1. The zero-order chi connectivity index (χ0) is 15.8. The van der Waals surface area contributed by atoms with Crippen molar-refractivity contribution in [1.29, 1.82) is 0 Å². The fourth-order valence-electron chi connectivity index (χ4n) is 1.58. The Morgan fingerprint density at radius 3 is 2.33 bits per heavy atom. The monoisotopic (exact) mass is 397 g/mol. The van der Waals surface area contributed by atoms with Crippen LogP contribution in [-0.2, 0) is 6.18 Å². The normalized spacial score (nSPS) is 11.5. The average Bonchev–Trinajstić information content (AvgIpc) is 2.39. The van der Waals surface area contributed by atoms with Gasteiger partial charge in [-0.15, -0.1) is 0 Å². The smallest absolute Gasteiger partial charge is 0.288 e. The van der Waals surface area contributed by atoms with Crippen LogP contribution in [0.2, 0.25) is 10.2 Å². The Kier molecular flexibility index (Phi) is 4.60. The summed E-state index contributed by atoms with van der Waals surface area (Å²) < 4.78 is 38.0. The predicted molar refractivity (Wildman–Crippen MR) is 76.8 cm³/mol. The molecule has 2 rings (SSSR count). The van der Waals surface area contributed by atoms with Gasteiger partial charge in [0.25, 0.3) is 0 Å². The van der Waals surface area contributed by atoms with Gasteiger partial charge in [0, 0.05) is 15.1 Å². The Morgan fingerprint density at radius 2 is 1.76 bits per heavy atom. The van der Waals surface area contributed by atoms with Crippen molar-refractivity contribution in [1.82, 2.24) is 4.98 Å². The predicted octanol–water partition coefficient (Wildman–Crippen LogP) is 5.40. The highest BCUT2D eigenvalue weighted by molar-refractivity contribution is 9.10. The molecular formula is C13H5BrCl2F3NO. The summed E-state index contributed by atoms with van der Waals surface area (Å²) in [6.45, 7) is 0. The molecule has 0 radical (unpaired) electrons. The summed E-state index contributed by atoms with van der Waals surface area (Å²) in [6, 6.07) is 6.21. The van der Waals surface area contributed by atoms with Crippen LogP contribution in [0.25, 0.3) is 0 Å². The van der Waals surface area contributed by atoms with Crippen molar-refractivity contribution >= 4 is 44.9 Å². The van der Waals surface area contributed by atoms with Crippen LogP contribution in [0.15, 0.2) is 34.8 Å². The van der Waals surface area contributed by atoms with E-state index in [-0.39, 0.29) is 11.1 Å². The molecule has 0 aliphatic rings. The molecule has 1 aromatic heterocycles. The first-order chi connectivity index (χ1) is 9.70. The minimum absolute atomic E-state index is 0.132. The number of aromatic nitrogens is 1. The molecule has 21 heavy (non-hydrogen) atoms. The Labute approximate surface area is 136 Å². The van der Waals surface area contributed by atoms with E-state index >= 15 is 0 Å². The molecule has 1 heterocycles. The van der Waals surface area contributed by atoms with E-state index in [0.717, 1.165) is 6.07 Å². The van der Waals surface area contributed by atoms with E-state index < -0.39 is 22.8 Å². The average molecular weight is 399 g/mol. The third-order valence-electron chi connectivity index (χ3n) is 2.56. The number of alkyl halides is 3. The van der Waals surface area contributed by atoms with Crippen LogP contribution in [0.5, 0.6) is 0 Å². The maximum atomic E-state index is 12.5. The quantitative estimate of drug-likeness (QED) is 0.500. The van der Waals surface area contributed by atoms with Crippen molar-refractivity contribution in [3.05, 3.63) is 61.8 Å². The molecule has 0 saturated heterocycles. The molecule has 0 bridgehead atoms. The molecule has 8 heteroatoms. The Bertz CT molecular complexity index is 719. The fourth-order valence-corrected chi connectivity index (χ4v) is 2.42. The van der Waals surface area contributed by atoms with Gasteiger partial charge < -0.3 is 0 Å². The third kappa shape index (κ3) is 3.56. The summed E-state index contributed by atoms with van der Waals surface area (Å²) in [6.07, 6.45) is -4.62. The van der Waals surface area contributed by atoms with Crippen molar-refractivity contribution in [2.24, 2.45) is 0 Å². The maximum absolute atomic E-state index is 12.5. The van der Waals surface area contributed by atoms with Crippen molar-refractivity contribution in [2.45, 2.75) is 6.18 Å². The Hall–Kier alpha value is -1.11. The van der Waals surface area contributed by atoms with Gasteiger partial charge in [0.2, 0.25) is 0 Å². The second-order valence-electron chi connectivity index (χ2n) is 3.99. The molecule has 1 aromatic carbocycles. The zero-order valence-corrected chi connectivity index (χ0v) is 13.1. The number of ketones is 1. The maximum Gasteiger partial charge on any atom is 0.433 e. The first-order valence-corrected chi connectivity index (χ1v) is 6.98. The summed E-state index contributed by atoms with van der Waals surface area (Å²) in [7, 11) is 0. The second-order valence-corrected chi connectivity index (χ2v) is 5.63. The van der Waals surface area contributed by atoms with Crippen LogP contribution < -0.4 is 0 Å². The van der Waals surface area contributed by atoms with Crippen LogP contribution in [0.4, 0.5) is 13.2 Å². The first-order valence-electron chi connectivity index (χ1n) is 5.43. The number of benzene rings is 1. The SMILES string of the molecule is O=C(c1cc(Cl)ccc1Br)c1ccc(C(F)(F)F)nc1Cl. The lowest BCUT2D eigenvalue weighted by molar-refractivity contribution is -0.141. The summed E-state index contributed by atoms with van der Waals surface area (Å²) in [5.41, 5.74) is -1.10. The van der Waals surface area contributed by atoms with Crippen LogP contribution in [0, 0.1) is 0 Å². The zero-order valence-electron chi connectivity index (χ0n) is 10.0. The molecule has 110 valence electrons. The number of rotatable bonds is 2. The first kappa shape index (κ1) is 16.3. The standard InChI is InChI=1S/C13H5BrCl2F3NO/c14-9-3-1-6(15)5-8(9)11(21)7-2-4-10(13(17,18)19)20-12(7)16/h1-5H. The lowest BCUT2D eigenvalue weighted by Crippen LogP contribution is -2.11. The van der Waals surface area contributed by atoms with Gasteiger partial charge in [-0.25, -0.2) is 4.98 Å². The molecule has 0 fully saturated rings. The number of hydrogen-bond acceptors (Lipinski definition) is 2. The Balaban J connectivity index is 2.47. The van der Waals surface area contributed by atoms with Crippen molar-refractivity contribution in [3.63, 3.8) is 0 Å². The molecule has 0 saturated carbocycles. The van der Waals surface area contributed by atoms with Crippen LogP contribution in [-0.4, -0.2) is 10.8 Å². The topological polar surface area (TPSA) is 30.0 Å². The summed E-state index contributed by atoms with van der Waals surface area (Å²) >= 11 is 14.7. The van der Waals surface area contributed by atoms with Crippen LogP contribution >= 0.6 is 39.1 Å². The van der Waals surface area contributed by atoms with E-state index in [9.17, 15) is 18.0 Å². The molecule has 0 unspecified atom stereocenters. The number of hydrogen-bond donors (Lipinski definition) is 0. The number of carbonyl (C=O) groups excluding carboxylic acids is 1. The van der Waals surface area contributed by atoms with Gasteiger partial charge >= 0.3 is 6.18 Å². The summed E-state index contributed by atoms with van der Waals surface area (Å²) in [4.78, 5) is 15.5. The molecule has 2 nitrogen and oxygen atoms in total. The van der Waals surface area contributed by atoms with Gasteiger partial charge in [0.15, 0.2) is 5.78 Å². The largest absolute Gasteiger partial charge is 0.433 e. The molecular weight excluding hydrogens is 394 g/mol. The number of halogens is 6. The molecule has 0 aliphatic heterocycles.